The highest BCUT2D eigenvalue weighted by Gasteiger charge is 2.38. The van der Waals surface area contributed by atoms with Gasteiger partial charge < -0.3 is 10.6 Å². The Hall–Kier alpha value is -0.660. The minimum Gasteiger partial charge on any atom is -0.351 e. The van der Waals surface area contributed by atoms with E-state index in [1.54, 1.807) is 0 Å². The molecule has 0 aromatic rings. The summed E-state index contributed by atoms with van der Waals surface area (Å²) in [6.45, 7) is 7.24. The van der Waals surface area contributed by atoms with Gasteiger partial charge in [-0.2, -0.15) is 0 Å². The molecule has 6 nitrogen and oxygen atoms in total. The van der Waals surface area contributed by atoms with Gasteiger partial charge in [-0.05, 0) is 20.3 Å². The molecule has 110 valence electrons. The van der Waals surface area contributed by atoms with Gasteiger partial charge in [-0.25, -0.2) is 8.42 Å². The lowest BCUT2D eigenvalue weighted by Gasteiger charge is -2.40. The third-order valence-corrected chi connectivity index (χ3v) is 5.80. The maximum Gasteiger partial charge on any atom is 0.240 e. The minimum absolute atomic E-state index is 0.0727. The van der Waals surface area contributed by atoms with Gasteiger partial charge in [0.05, 0.1) is 17.0 Å². The van der Waals surface area contributed by atoms with E-state index >= 15 is 0 Å². The smallest absolute Gasteiger partial charge is 0.240 e. The standard InChI is InChI=1S/C12H23N3O3S/c1-12(2,15-6-4-13-5-7-15)11(16)14-10-3-8-19(17,18)9-10/h10,13H,3-9H2,1-2H3,(H,14,16). The van der Waals surface area contributed by atoms with Crippen LogP contribution in [0.3, 0.4) is 0 Å². The van der Waals surface area contributed by atoms with Gasteiger partial charge in [0, 0.05) is 32.2 Å². The van der Waals surface area contributed by atoms with Gasteiger partial charge in [-0.3, -0.25) is 9.69 Å². The fourth-order valence-electron chi connectivity index (χ4n) is 2.64. The number of amides is 1. The molecule has 0 aliphatic carbocycles. The van der Waals surface area contributed by atoms with Gasteiger partial charge >= 0.3 is 0 Å². The van der Waals surface area contributed by atoms with Gasteiger partial charge in [0.1, 0.15) is 0 Å². The van der Waals surface area contributed by atoms with Crippen molar-refractivity contribution in [3.05, 3.63) is 0 Å². The van der Waals surface area contributed by atoms with Crippen molar-refractivity contribution in [1.29, 1.82) is 0 Å². The summed E-state index contributed by atoms with van der Waals surface area (Å²) in [5, 5.41) is 6.15. The van der Waals surface area contributed by atoms with Crippen LogP contribution in [0.1, 0.15) is 20.3 Å². The van der Waals surface area contributed by atoms with E-state index in [0.717, 1.165) is 26.2 Å². The molecule has 0 spiro atoms. The van der Waals surface area contributed by atoms with E-state index in [0.29, 0.717) is 6.42 Å². The summed E-state index contributed by atoms with van der Waals surface area (Å²) < 4.78 is 22.8. The van der Waals surface area contributed by atoms with Gasteiger partial charge in [0.15, 0.2) is 9.84 Å². The lowest BCUT2D eigenvalue weighted by molar-refractivity contribution is -0.132. The lowest BCUT2D eigenvalue weighted by Crippen LogP contribution is -2.61. The van der Waals surface area contributed by atoms with Crippen LogP contribution in [-0.4, -0.2) is 68.5 Å². The van der Waals surface area contributed by atoms with E-state index in [1.807, 2.05) is 13.8 Å². The van der Waals surface area contributed by atoms with Crippen molar-refractivity contribution in [2.45, 2.75) is 31.8 Å². The molecule has 2 aliphatic heterocycles. The Morgan fingerprint density at radius 3 is 2.47 bits per heavy atom. The second kappa shape index (κ2) is 5.38. The Morgan fingerprint density at radius 1 is 1.32 bits per heavy atom. The first-order valence-electron chi connectivity index (χ1n) is 6.78. The van der Waals surface area contributed by atoms with Crippen molar-refractivity contribution in [2.75, 3.05) is 37.7 Å². The molecule has 2 heterocycles. The number of carbonyl (C=O) groups is 1. The van der Waals surface area contributed by atoms with E-state index < -0.39 is 15.4 Å². The van der Waals surface area contributed by atoms with Gasteiger partial charge in [0.2, 0.25) is 5.91 Å². The topological polar surface area (TPSA) is 78.5 Å². The second-order valence-electron chi connectivity index (χ2n) is 5.87. The van der Waals surface area contributed by atoms with Gasteiger partial charge in [0.25, 0.3) is 0 Å². The van der Waals surface area contributed by atoms with Crippen LogP contribution in [0, 0.1) is 0 Å². The maximum atomic E-state index is 12.4. The normalized spacial score (nSPS) is 28.2. The zero-order valence-electron chi connectivity index (χ0n) is 11.6. The van der Waals surface area contributed by atoms with Crippen LogP contribution in [0.5, 0.6) is 0 Å². The number of rotatable bonds is 3. The zero-order valence-corrected chi connectivity index (χ0v) is 12.4. The molecule has 1 amide bonds. The highest BCUT2D eigenvalue weighted by molar-refractivity contribution is 7.91. The lowest BCUT2D eigenvalue weighted by atomic mass is 10.00. The summed E-state index contributed by atoms with van der Waals surface area (Å²) in [5.41, 5.74) is -0.589. The summed E-state index contributed by atoms with van der Waals surface area (Å²) in [6.07, 6.45) is 0.533. The average Bonchev–Trinajstić information content (AvgIpc) is 2.69. The highest BCUT2D eigenvalue weighted by atomic mass is 32.2. The van der Waals surface area contributed by atoms with Crippen molar-refractivity contribution < 1.29 is 13.2 Å². The number of nitrogens with one attached hydrogen (secondary N) is 2. The molecule has 0 aromatic carbocycles. The molecule has 2 saturated heterocycles. The molecule has 1 unspecified atom stereocenters. The third kappa shape index (κ3) is 3.46. The highest BCUT2D eigenvalue weighted by Crippen LogP contribution is 2.18. The number of hydrogen-bond donors (Lipinski definition) is 2. The first-order valence-corrected chi connectivity index (χ1v) is 8.60. The van der Waals surface area contributed by atoms with Gasteiger partial charge in [-0.15, -0.1) is 0 Å². The molecule has 0 saturated carbocycles. The number of carbonyl (C=O) groups excluding carboxylic acids is 1. The SMILES string of the molecule is CC(C)(C(=O)NC1CCS(=O)(=O)C1)N1CCNCC1. The van der Waals surface area contributed by atoms with Crippen LogP contribution in [0.4, 0.5) is 0 Å². The molecular weight excluding hydrogens is 266 g/mol. The van der Waals surface area contributed by atoms with Crippen LogP contribution in [0.15, 0.2) is 0 Å². The number of sulfone groups is 1. The van der Waals surface area contributed by atoms with Crippen molar-refractivity contribution in [3.8, 4) is 0 Å². The summed E-state index contributed by atoms with van der Waals surface area (Å²) >= 11 is 0. The summed E-state index contributed by atoms with van der Waals surface area (Å²) in [4.78, 5) is 14.5. The molecule has 2 aliphatic rings. The van der Waals surface area contributed by atoms with Crippen molar-refractivity contribution in [2.24, 2.45) is 0 Å². The predicted molar refractivity (Wildman–Crippen MR) is 73.7 cm³/mol. The molecule has 0 aromatic heterocycles. The van der Waals surface area contributed by atoms with E-state index in [2.05, 4.69) is 15.5 Å². The maximum absolute atomic E-state index is 12.4. The number of hydrogen-bond acceptors (Lipinski definition) is 5. The Kier molecular flexibility index (Phi) is 4.17. The first kappa shape index (κ1) is 14.7. The average molecular weight is 289 g/mol. The molecule has 2 rings (SSSR count). The zero-order chi connectivity index (χ0) is 14.1. The van der Waals surface area contributed by atoms with Crippen LogP contribution in [-0.2, 0) is 14.6 Å². The van der Waals surface area contributed by atoms with E-state index in [9.17, 15) is 13.2 Å². The summed E-state index contributed by atoms with van der Waals surface area (Å²) in [5.74, 6) is 0.194. The molecule has 7 heteroatoms. The summed E-state index contributed by atoms with van der Waals surface area (Å²) in [6, 6.07) is -0.223. The second-order valence-corrected chi connectivity index (χ2v) is 8.10. The molecule has 2 N–H and O–H groups in total. The molecular formula is C12H23N3O3S. The molecule has 2 fully saturated rings. The monoisotopic (exact) mass is 289 g/mol. The third-order valence-electron chi connectivity index (χ3n) is 4.03. The molecule has 19 heavy (non-hydrogen) atoms. The minimum atomic E-state index is -2.95. The van der Waals surface area contributed by atoms with E-state index in [4.69, 9.17) is 0 Å². The van der Waals surface area contributed by atoms with E-state index in [1.165, 1.54) is 0 Å². The van der Waals surface area contributed by atoms with Crippen LogP contribution >= 0.6 is 0 Å². The molecule has 1 atom stereocenters. The Morgan fingerprint density at radius 2 is 1.95 bits per heavy atom. The van der Waals surface area contributed by atoms with Gasteiger partial charge in [-0.1, -0.05) is 0 Å². The predicted octanol–water partition coefficient (Wildman–Crippen LogP) is -1.03. The molecule has 0 bridgehead atoms. The number of nitrogens with zero attached hydrogens (tertiary/aromatic N) is 1. The Bertz CT molecular complexity index is 441. The molecule has 0 radical (unpaired) electrons. The summed E-state index contributed by atoms with van der Waals surface area (Å²) in [7, 11) is -2.95. The first-order chi connectivity index (χ1) is 8.81. The number of piperazine rings is 1. The van der Waals surface area contributed by atoms with Crippen molar-refractivity contribution >= 4 is 15.7 Å². The van der Waals surface area contributed by atoms with Crippen LogP contribution in [0.25, 0.3) is 0 Å². The fourth-order valence-corrected chi connectivity index (χ4v) is 4.31. The Balaban J connectivity index is 1.94. The van der Waals surface area contributed by atoms with Crippen molar-refractivity contribution in [1.82, 2.24) is 15.5 Å². The van der Waals surface area contributed by atoms with E-state index in [-0.39, 0.29) is 23.5 Å². The van der Waals surface area contributed by atoms with Crippen molar-refractivity contribution in [3.63, 3.8) is 0 Å². The quantitative estimate of drug-likeness (QED) is 0.695. The van der Waals surface area contributed by atoms with Crippen LogP contribution in [0.2, 0.25) is 0 Å². The Labute approximate surface area is 114 Å². The van der Waals surface area contributed by atoms with Crippen LogP contribution < -0.4 is 10.6 Å². The largest absolute Gasteiger partial charge is 0.351 e. The fraction of sp³-hybridized carbons (Fsp3) is 0.917.